The molecule has 0 atom stereocenters. The van der Waals surface area contributed by atoms with Gasteiger partial charge in [-0.15, -0.1) is 0 Å². The van der Waals surface area contributed by atoms with Crippen molar-refractivity contribution < 1.29 is 17.9 Å². The topological polar surface area (TPSA) is 46.4 Å². The first-order valence-electron chi connectivity index (χ1n) is 12.4. The third kappa shape index (κ3) is 5.16. The number of alkyl halides is 3. The van der Waals surface area contributed by atoms with Gasteiger partial charge in [0, 0.05) is 25.7 Å². The molecule has 2 saturated heterocycles. The van der Waals surface area contributed by atoms with Crippen LogP contribution in [0.5, 0.6) is 0 Å². The Hall–Kier alpha value is -2.65. The van der Waals surface area contributed by atoms with Crippen LogP contribution in [0.1, 0.15) is 42.3 Å². The average Bonchev–Trinajstić information content (AvgIpc) is 3.17. The predicted molar refractivity (Wildman–Crippen MR) is 130 cm³/mol. The van der Waals surface area contributed by atoms with E-state index in [0.29, 0.717) is 31.9 Å². The van der Waals surface area contributed by atoms with Gasteiger partial charge >= 0.3 is 6.18 Å². The predicted octanol–water partition coefficient (Wildman–Crippen LogP) is 4.88. The highest BCUT2D eigenvalue weighted by Gasteiger charge is 2.33. The molecule has 2 fully saturated rings. The number of likely N-dealkylation sites (tertiary alicyclic amines) is 1. The molecule has 0 radical (unpaired) electrons. The van der Waals surface area contributed by atoms with Crippen molar-refractivity contribution in [3.8, 4) is 0 Å². The minimum absolute atomic E-state index is 0.266. The van der Waals surface area contributed by atoms with Gasteiger partial charge in [-0.25, -0.2) is 9.97 Å². The van der Waals surface area contributed by atoms with Crippen LogP contribution in [0.25, 0.3) is 11.0 Å². The second kappa shape index (κ2) is 9.78. The molecule has 2 aromatic heterocycles. The van der Waals surface area contributed by atoms with Gasteiger partial charge in [-0.3, -0.25) is 4.90 Å². The van der Waals surface area contributed by atoms with Crippen LogP contribution in [-0.2, 0) is 24.0 Å². The lowest BCUT2D eigenvalue weighted by molar-refractivity contribution is -0.138. The van der Waals surface area contributed by atoms with E-state index in [-0.39, 0.29) is 5.56 Å². The molecule has 0 bridgehead atoms. The zero-order valence-electron chi connectivity index (χ0n) is 20.3. The quantitative estimate of drug-likeness (QED) is 0.514. The van der Waals surface area contributed by atoms with E-state index in [1.165, 1.54) is 6.07 Å². The summed E-state index contributed by atoms with van der Waals surface area (Å²) in [7, 11) is 0. The normalized spacial score (nSPS) is 18.5. The molecule has 2 aliphatic heterocycles. The van der Waals surface area contributed by atoms with Crippen molar-refractivity contribution in [3.05, 3.63) is 53.0 Å². The van der Waals surface area contributed by atoms with E-state index < -0.39 is 11.7 Å². The van der Waals surface area contributed by atoms with Crippen molar-refractivity contribution in [2.24, 2.45) is 5.92 Å². The Morgan fingerprint density at radius 3 is 2.51 bits per heavy atom. The smallest absolute Gasteiger partial charge is 0.378 e. The molecule has 35 heavy (non-hydrogen) atoms. The fourth-order valence-electron chi connectivity index (χ4n) is 5.08. The number of benzene rings is 1. The van der Waals surface area contributed by atoms with Gasteiger partial charge in [0.1, 0.15) is 17.2 Å². The zero-order valence-corrected chi connectivity index (χ0v) is 20.3. The molecule has 0 spiro atoms. The van der Waals surface area contributed by atoms with Crippen molar-refractivity contribution in [3.63, 3.8) is 0 Å². The van der Waals surface area contributed by atoms with E-state index in [1.54, 1.807) is 19.2 Å². The third-order valence-corrected chi connectivity index (χ3v) is 7.36. The van der Waals surface area contributed by atoms with Crippen molar-refractivity contribution in [1.29, 1.82) is 0 Å². The lowest BCUT2D eigenvalue weighted by Crippen LogP contribution is -2.36. The number of hydrogen-bond donors (Lipinski definition) is 0. The van der Waals surface area contributed by atoms with E-state index in [1.807, 2.05) is 6.07 Å². The fraction of sp³-hybridized carbons (Fsp3) is 0.538. The number of ether oxygens (including phenoxy) is 1. The fourth-order valence-corrected chi connectivity index (χ4v) is 5.08. The average molecular weight is 488 g/mol. The minimum atomic E-state index is -4.38. The van der Waals surface area contributed by atoms with Crippen LogP contribution in [0.4, 0.5) is 19.0 Å². The van der Waals surface area contributed by atoms with Crippen LogP contribution in [0.15, 0.2) is 30.5 Å². The van der Waals surface area contributed by atoms with E-state index in [9.17, 15) is 13.2 Å². The summed E-state index contributed by atoms with van der Waals surface area (Å²) in [6, 6.07) is 6.46. The van der Waals surface area contributed by atoms with Crippen molar-refractivity contribution in [1.82, 2.24) is 19.4 Å². The second-order valence-corrected chi connectivity index (χ2v) is 9.79. The van der Waals surface area contributed by atoms with Crippen LogP contribution in [0.3, 0.4) is 0 Å². The third-order valence-electron chi connectivity index (χ3n) is 7.36. The summed E-state index contributed by atoms with van der Waals surface area (Å²) in [5, 5.41) is 0. The summed E-state index contributed by atoms with van der Waals surface area (Å²) in [5.74, 6) is 2.44. The van der Waals surface area contributed by atoms with Crippen LogP contribution in [-0.4, -0.2) is 58.8 Å². The molecular formula is C26H32F3N5O. The Morgan fingerprint density at radius 2 is 1.80 bits per heavy atom. The number of pyridine rings is 1. The van der Waals surface area contributed by atoms with Crippen LogP contribution in [0, 0.1) is 12.8 Å². The number of imidazole rings is 1. The van der Waals surface area contributed by atoms with Gasteiger partial charge in [-0.05, 0) is 56.0 Å². The maximum atomic E-state index is 13.6. The molecule has 0 unspecified atom stereocenters. The van der Waals surface area contributed by atoms with Crippen molar-refractivity contribution >= 4 is 16.9 Å². The molecule has 0 saturated carbocycles. The summed E-state index contributed by atoms with van der Waals surface area (Å²) in [5.41, 5.74) is 2.01. The number of hydrogen-bond acceptors (Lipinski definition) is 5. The first-order chi connectivity index (χ1) is 16.8. The number of halogens is 3. The summed E-state index contributed by atoms with van der Waals surface area (Å²) in [6.45, 7) is 9.68. The summed E-state index contributed by atoms with van der Waals surface area (Å²) in [6.07, 6.45) is -0.291. The molecule has 2 aliphatic rings. The zero-order chi connectivity index (χ0) is 24.6. The summed E-state index contributed by atoms with van der Waals surface area (Å²) < 4.78 is 48.3. The maximum absolute atomic E-state index is 13.6. The molecule has 9 heteroatoms. The number of rotatable bonds is 5. The second-order valence-electron chi connectivity index (χ2n) is 9.79. The van der Waals surface area contributed by atoms with Gasteiger partial charge in [-0.1, -0.05) is 19.1 Å². The standard InChI is InChI=1S/C26H32F3N5O/c1-18-6-8-32(9-7-18)17-25-31-22-15-30-24(33-10-12-35-13-11-33)14-23(22)34(25)16-20-4-3-5-21(19(20)2)26(27,28)29/h3-5,14-15,18H,6-13,16-17H2,1-2H3. The molecule has 6 nitrogen and oxygen atoms in total. The number of fused-ring (bicyclic) bond motifs is 1. The minimum Gasteiger partial charge on any atom is -0.378 e. The lowest BCUT2D eigenvalue weighted by Gasteiger charge is -2.30. The number of nitrogens with zero attached hydrogens (tertiary/aromatic N) is 5. The van der Waals surface area contributed by atoms with Gasteiger partial charge < -0.3 is 14.2 Å². The molecule has 5 rings (SSSR count). The number of aromatic nitrogens is 3. The lowest BCUT2D eigenvalue weighted by atomic mass is 9.99. The Morgan fingerprint density at radius 1 is 1.06 bits per heavy atom. The highest BCUT2D eigenvalue weighted by molar-refractivity contribution is 5.78. The van der Waals surface area contributed by atoms with Gasteiger partial charge in [0.15, 0.2) is 0 Å². The SMILES string of the molecule is Cc1c(Cn2c(CN3CCC(C)CC3)nc3cnc(N4CCOCC4)cc32)cccc1C(F)(F)F. The van der Waals surface area contributed by atoms with Gasteiger partial charge in [0.2, 0.25) is 0 Å². The largest absolute Gasteiger partial charge is 0.416 e. The first kappa shape index (κ1) is 24.1. The van der Waals surface area contributed by atoms with E-state index in [0.717, 1.165) is 73.7 Å². The number of piperidine rings is 1. The Kier molecular flexibility index (Phi) is 6.72. The van der Waals surface area contributed by atoms with Gasteiger partial charge in [0.05, 0.1) is 37.0 Å². The monoisotopic (exact) mass is 487 g/mol. The van der Waals surface area contributed by atoms with Crippen LogP contribution < -0.4 is 4.90 Å². The number of morpholine rings is 1. The molecule has 4 heterocycles. The molecule has 1 aromatic carbocycles. The maximum Gasteiger partial charge on any atom is 0.416 e. The Labute approximate surface area is 203 Å². The first-order valence-corrected chi connectivity index (χ1v) is 12.4. The highest BCUT2D eigenvalue weighted by atomic mass is 19.4. The summed E-state index contributed by atoms with van der Waals surface area (Å²) in [4.78, 5) is 14.1. The van der Waals surface area contributed by atoms with Gasteiger partial charge in [-0.2, -0.15) is 13.2 Å². The van der Waals surface area contributed by atoms with Crippen LogP contribution in [0.2, 0.25) is 0 Å². The molecular weight excluding hydrogens is 455 g/mol. The van der Waals surface area contributed by atoms with E-state index >= 15 is 0 Å². The molecule has 188 valence electrons. The number of anilines is 1. The molecule has 0 aliphatic carbocycles. The van der Waals surface area contributed by atoms with Gasteiger partial charge in [0.25, 0.3) is 0 Å². The highest BCUT2D eigenvalue weighted by Crippen LogP contribution is 2.34. The Balaban J connectivity index is 1.54. The Bertz CT molecular complexity index is 1180. The van der Waals surface area contributed by atoms with Crippen molar-refractivity contribution in [2.75, 3.05) is 44.3 Å². The van der Waals surface area contributed by atoms with E-state index in [2.05, 4.69) is 26.3 Å². The molecule has 3 aromatic rings. The van der Waals surface area contributed by atoms with Crippen molar-refractivity contribution in [2.45, 2.75) is 46.0 Å². The molecule has 0 N–H and O–H groups in total. The summed E-state index contributed by atoms with van der Waals surface area (Å²) >= 11 is 0. The van der Waals surface area contributed by atoms with E-state index in [4.69, 9.17) is 9.72 Å². The molecule has 0 amide bonds. The van der Waals surface area contributed by atoms with Crippen LogP contribution >= 0.6 is 0 Å².